The number of allylic oxidation sites excluding steroid dienone is 9. The van der Waals surface area contributed by atoms with E-state index in [1.165, 1.54) is 0 Å². The fraction of sp³-hybridized carbons (Fsp3) is 0.0339. The molecule has 334 valence electrons. The van der Waals surface area contributed by atoms with Gasteiger partial charge in [0.1, 0.15) is 137 Å². The summed E-state index contributed by atoms with van der Waals surface area (Å²) in [6, 6.07) is 20.4. The first kappa shape index (κ1) is 53.3. The first-order valence-electron chi connectivity index (χ1n) is 24.9. The Morgan fingerprint density at radius 1 is 0.438 bits per heavy atom. The maximum absolute atomic E-state index is 7.20. The van der Waals surface area contributed by atoms with Gasteiger partial charge in [-0.05, 0) is 68.6 Å². The predicted molar refractivity (Wildman–Crippen MR) is 350 cm³/mol. The molecule has 2 aliphatic rings. The van der Waals surface area contributed by atoms with Crippen molar-refractivity contribution >= 4 is 257 Å². The number of hydrogen-bond donors (Lipinski definition) is 0. The molecule has 3 aromatic heterocycles. The Kier molecular flexibility index (Phi) is 12.6. The standard InChI is InChI=1S/C59H24B16N4O/c1-5-13-26-21(7-3)20(6-2)25(8-4)59(26)27-16-11-9-15-24(27)30-28(59)19-18-23-22-14-10-12-17-29(22)79(53(23)30)58-77-56(35-43(66)37(60)31(38(61)44(35)67)32-39(62)47(70)50(73)48(71)40(32)63)76-57(78-58)36-45(68)41(64)33-34-42(65)49(72)51(74)52(75)55(34)80-54(33)46(36)69/h5-19H,2-4H2,1H3/b13-5-. The summed E-state index contributed by atoms with van der Waals surface area (Å²) in [6.45, 7) is 14.9. The fourth-order valence-electron chi connectivity index (χ4n) is 12.3. The van der Waals surface area contributed by atoms with Gasteiger partial charge in [-0.3, -0.25) is 4.57 Å². The van der Waals surface area contributed by atoms with E-state index in [1.807, 2.05) is 72.2 Å². The maximum Gasteiger partial charge on any atom is 0.238 e. The van der Waals surface area contributed by atoms with Crippen molar-refractivity contribution in [3.63, 3.8) is 0 Å². The zero-order valence-corrected chi connectivity index (χ0v) is 43.2. The van der Waals surface area contributed by atoms with Gasteiger partial charge in [-0.1, -0.05) is 159 Å². The topological polar surface area (TPSA) is 56.7 Å². The number of furan rings is 1. The molecule has 0 aliphatic heterocycles. The van der Waals surface area contributed by atoms with Gasteiger partial charge in [-0.2, -0.15) is 9.97 Å². The lowest BCUT2D eigenvalue weighted by Crippen LogP contribution is -2.57. The van der Waals surface area contributed by atoms with E-state index in [4.69, 9.17) is 145 Å². The summed E-state index contributed by atoms with van der Waals surface area (Å²) < 4.78 is 8.35. The van der Waals surface area contributed by atoms with Crippen molar-refractivity contribution in [1.82, 2.24) is 19.5 Å². The van der Waals surface area contributed by atoms with Gasteiger partial charge in [0.2, 0.25) is 5.95 Å². The van der Waals surface area contributed by atoms with Crippen LogP contribution in [0, 0.1) is 0 Å². The highest BCUT2D eigenvalue weighted by atomic mass is 16.3. The molecule has 21 heteroatoms. The molecule has 0 saturated carbocycles. The molecule has 3 heterocycles. The van der Waals surface area contributed by atoms with Crippen LogP contribution in [0.25, 0.3) is 94.7 Å². The minimum Gasteiger partial charge on any atom is -0.457 e. The zero-order chi connectivity index (χ0) is 57.0. The molecular weight excluding hydrogens is 954 g/mol. The molecule has 32 radical (unpaired) electrons. The van der Waals surface area contributed by atoms with Crippen LogP contribution >= 0.6 is 0 Å². The Bertz CT molecular complexity index is 4640. The van der Waals surface area contributed by atoms with Crippen LogP contribution in [-0.4, -0.2) is 145 Å². The van der Waals surface area contributed by atoms with Crippen LogP contribution in [0.5, 0.6) is 0 Å². The molecule has 0 amide bonds. The van der Waals surface area contributed by atoms with E-state index in [9.17, 15) is 0 Å². The molecule has 0 N–H and O–H groups in total. The average Bonchev–Trinajstić information content (AvgIpc) is 3.70. The lowest BCUT2D eigenvalue weighted by Gasteiger charge is -2.32. The monoisotopic (exact) mass is 980 g/mol. The molecule has 2 aliphatic carbocycles. The summed E-state index contributed by atoms with van der Waals surface area (Å²) in [4.78, 5) is 15.6. The van der Waals surface area contributed by atoms with Gasteiger partial charge in [0.05, 0.1) is 16.4 Å². The first-order valence-corrected chi connectivity index (χ1v) is 24.9. The fourth-order valence-corrected chi connectivity index (χ4v) is 12.3. The van der Waals surface area contributed by atoms with Crippen LogP contribution in [0.2, 0.25) is 0 Å². The Balaban J connectivity index is 1.25. The number of rotatable bonds is 8. The third-order valence-corrected chi connectivity index (χ3v) is 16.0. The second-order valence-corrected chi connectivity index (χ2v) is 19.7. The van der Waals surface area contributed by atoms with Gasteiger partial charge in [-0.25, -0.2) is 4.98 Å². The third-order valence-electron chi connectivity index (χ3n) is 16.0. The highest BCUT2D eigenvalue weighted by Gasteiger charge is 2.53. The second-order valence-electron chi connectivity index (χ2n) is 19.7. The van der Waals surface area contributed by atoms with Gasteiger partial charge < -0.3 is 4.42 Å². The molecular formula is C59H24B16N4O. The largest absolute Gasteiger partial charge is 0.457 e. The number of hydrogen-bond acceptors (Lipinski definition) is 4. The highest BCUT2D eigenvalue weighted by Crippen LogP contribution is 2.63. The molecule has 80 heavy (non-hydrogen) atoms. The van der Waals surface area contributed by atoms with Crippen molar-refractivity contribution in [1.29, 1.82) is 0 Å². The summed E-state index contributed by atoms with van der Waals surface area (Å²) in [5.74, 6) is -0.208. The third kappa shape index (κ3) is 6.79. The van der Waals surface area contributed by atoms with Crippen molar-refractivity contribution in [2.24, 2.45) is 0 Å². The number of fused-ring (bicyclic) bond motifs is 12. The molecule has 0 fully saturated rings. The summed E-state index contributed by atoms with van der Waals surface area (Å²) in [6.07, 6.45) is 9.76. The van der Waals surface area contributed by atoms with Crippen LogP contribution in [0.3, 0.4) is 0 Å². The predicted octanol–water partition coefficient (Wildman–Crippen LogP) is -4.42. The number of benzene rings is 7. The molecule has 0 saturated heterocycles. The quantitative estimate of drug-likeness (QED) is 0.145. The van der Waals surface area contributed by atoms with E-state index in [2.05, 4.69) is 50.1 Å². The van der Waals surface area contributed by atoms with E-state index in [0.29, 0.717) is 5.52 Å². The highest BCUT2D eigenvalue weighted by molar-refractivity contribution is 6.72. The van der Waals surface area contributed by atoms with E-state index < -0.39 is 5.41 Å². The summed E-state index contributed by atoms with van der Waals surface area (Å²) in [5.41, 5.74) is 7.43. The average molecular weight is 978 g/mol. The summed E-state index contributed by atoms with van der Waals surface area (Å²) in [5, 5.41) is 2.20. The number of para-hydroxylation sites is 1. The van der Waals surface area contributed by atoms with Crippen molar-refractivity contribution in [3.05, 3.63) is 144 Å². The summed E-state index contributed by atoms with van der Waals surface area (Å²) >= 11 is 0. The molecule has 1 unspecified atom stereocenters. The minimum absolute atomic E-state index is 0.00633. The van der Waals surface area contributed by atoms with Crippen LogP contribution in [-0.2, 0) is 5.41 Å². The first-order chi connectivity index (χ1) is 38.2. The van der Waals surface area contributed by atoms with Gasteiger partial charge >= 0.3 is 0 Å². The maximum atomic E-state index is 7.20. The lowest BCUT2D eigenvalue weighted by molar-refractivity contribution is 0.675. The van der Waals surface area contributed by atoms with Crippen LogP contribution in [0.4, 0.5) is 0 Å². The van der Waals surface area contributed by atoms with Gasteiger partial charge in [0.25, 0.3) is 0 Å². The molecule has 10 aromatic rings. The van der Waals surface area contributed by atoms with Gasteiger partial charge in [-0.15, -0.1) is 27.3 Å². The van der Waals surface area contributed by atoms with E-state index in [0.717, 1.165) is 60.8 Å². The van der Waals surface area contributed by atoms with Crippen molar-refractivity contribution in [2.75, 3.05) is 0 Å². The smallest absolute Gasteiger partial charge is 0.238 e. The SMILES string of the molecule is [B]c1c([B])c([B])c(-c2c([B])c([B])c(-c3nc(-c4c([B])c([B])c5c(oc6c([B])c([B])c([B])c([B])c65)c4[B])nc(-n4c5ccccc5c5ccc6c(c54)-c4ccccc4C64C(C=C)=C(C=C)C(C=C)=C4/C=C\C)n3)c([B])c2[B])c([B])c1[B]. The van der Waals surface area contributed by atoms with E-state index >= 15 is 0 Å². The molecule has 5 nitrogen and oxygen atoms in total. The van der Waals surface area contributed by atoms with Gasteiger partial charge in [0, 0.05) is 38.2 Å². The summed E-state index contributed by atoms with van der Waals surface area (Å²) in [7, 11) is 107. The Morgan fingerprint density at radius 3 is 1.51 bits per heavy atom. The normalized spacial score (nSPS) is 14.9. The molecule has 1 spiro atoms. The lowest BCUT2D eigenvalue weighted by atomic mass is 9.56. The Morgan fingerprint density at radius 2 is 0.912 bits per heavy atom. The number of nitrogens with zero attached hydrogens (tertiary/aromatic N) is 4. The van der Waals surface area contributed by atoms with Crippen LogP contribution < -0.4 is 87.4 Å². The van der Waals surface area contributed by atoms with E-state index in [-0.39, 0.29) is 149 Å². The second kappa shape index (κ2) is 18.9. The molecule has 1 atom stereocenters. The molecule has 7 aromatic carbocycles. The van der Waals surface area contributed by atoms with Gasteiger partial charge in [0.15, 0.2) is 11.6 Å². The Hall–Kier alpha value is -7.37. The Labute approximate surface area is 485 Å². The van der Waals surface area contributed by atoms with Crippen LogP contribution in [0.15, 0.2) is 137 Å². The van der Waals surface area contributed by atoms with Crippen molar-refractivity contribution in [3.8, 4) is 51.0 Å². The minimum atomic E-state index is -0.880. The zero-order valence-electron chi connectivity index (χ0n) is 43.2. The molecule has 0 bridgehead atoms. The van der Waals surface area contributed by atoms with Crippen molar-refractivity contribution < 1.29 is 4.42 Å². The molecule has 12 rings (SSSR count). The number of aromatic nitrogens is 4. The van der Waals surface area contributed by atoms with Crippen LogP contribution in [0.1, 0.15) is 18.1 Å². The van der Waals surface area contributed by atoms with Crippen molar-refractivity contribution in [2.45, 2.75) is 12.3 Å². The van der Waals surface area contributed by atoms with E-state index in [1.54, 1.807) is 0 Å².